The van der Waals surface area contributed by atoms with Gasteiger partial charge in [-0.1, -0.05) is 0 Å². The van der Waals surface area contributed by atoms with Crippen molar-refractivity contribution in [3.63, 3.8) is 0 Å². The lowest BCUT2D eigenvalue weighted by Crippen LogP contribution is -1.95. The number of rotatable bonds is 5. The van der Waals surface area contributed by atoms with Gasteiger partial charge in [0.25, 0.3) is 5.89 Å². The van der Waals surface area contributed by atoms with Crippen LogP contribution < -0.4 is 0 Å². The molecule has 0 amide bonds. The fourth-order valence-electron chi connectivity index (χ4n) is 1.38. The van der Waals surface area contributed by atoms with E-state index in [-0.39, 0.29) is 6.42 Å². The van der Waals surface area contributed by atoms with Crippen LogP contribution in [0.2, 0.25) is 0 Å². The molecular weight excluding hydrogens is 302 g/mol. The summed E-state index contributed by atoms with van der Waals surface area (Å²) in [6.45, 7) is 0. The zero-order valence-corrected chi connectivity index (χ0v) is 10.9. The van der Waals surface area contributed by atoms with Gasteiger partial charge in [-0.25, -0.2) is 4.98 Å². The van der Waals surface area contributed by atoms with Gasteiger partial charge in [-0.15, -0.1) is 10.2 Å². The Kier molecular flexibility index (Phi) is 4.03. The Morgan fingerprint density at radius 3 is 3.00 bits per heavy atom. The zero-order chi connectivity index (χ0) is 13.0. The molecule has 0 unspecified atom stereocenters. The Hall–Kier alpha value is -1.76. The summed E-state index contributed by atoms with van der Waals surface area (Å²) in [5.74, 6) is -0.0844. The molecule has 18 heavy (non-hydrogen) atoms. The second kappa shape index (κ2) is 5.72. The maximum Gasteiger partial charge on any atom is 0.303 e. The van der Waals surface area contributed by atoms with E-state index >= 15 is 0 Å². The SMILES string of the molecule is O=C(O)CCCc1nnc(-c2ncccc2Br)o1. The van der Waals surface area contributed by atoms with Crippen molar-refractivity contribution in [2.45, 2.75) is 19.3 Å². The lowest BCUT2D eigenvalue weighted by atomic mass is 10.2. The largest absolute Gasteiger partial charge is 0.481 e. The molecule has 0 aromatic carbocycles. The summed E-state index contributed by atoms with van der Waals surface area (Å²) in [5, 5.41) is 16.3. The molecule has 0 bridgehead atoms. The predicted octanol–water partition coefficient (Wildman–Crippen LogP) is 2.30. The summed E-state index contributed by atoms with van der Waals surface area (Å²) in [7, 11) is 0. The number of hydrogen-bond acceptors (Lipinski definition) is 5. The quantitative estimate of drug-likeness (QED) is 0.911. The van der Waals surface area contributed by atoms with E-state index in [1.54, 1.807) is 12.3 Å². The highest BCUT2D eigenvalue weighted by atomic mass is 79.9. The van der Waals surface area contributed by atoms with Gasteiger partial charge in [0, 0.05) is 23.5 Å². The van der Waals surface area contributed by atoms with E-state index in [2.05, 4.69) is 31.1 Å². The number of halogens is 1. The first-order valence-corrected chi connectivity index (χ1v) is 6.11. The van der Waals surface area contributed by atoms with Crippen molar-refractivity contribution in [3.05, 3.63) is 28.7 Å². The number of carboxylic acids is 1. The van der Waals surface area contributed by atoms with Crippen LogP contribution in [0.3, 0.4) is 0 Å². The van der Waals surface area contributed by atoms with E-state index in [9.17, 15) is 4.79 Å². The first-order valence-electron chi connectivity index (χ1n) is 5.32. The minimum atomic E-state index is -0.831. The van der Waals surface area contributed by atoms with E-state index < -0.39 is 5.97 Å². The highest BCUT2D eigenvalue weighted by Gasteiger charge is 2.12. The first kappa shape index (κ1) is 12.7. The lowest BCUT2D eigenvalue weighted by molar-refractivity contribution is -0.137. The predicted molar refractivity (Wildman–Crippen MR) is 65.8 cm³/mol. The minimum Gasteiger partial charge on any atom is -0.481 e. The number of aryl methyl sites for hydroxylation is 1. The molecule has 2 aromatic rings. The van der Waals surface area contributed by atoms with E-state index in [1.807, 2.05) is 6.07 Å². The molecule has 0 aliphatic heterocycles. The Balaban J connectivity index is 2.06. The summed E-state index contributed by atoms with van der Waals surface area (Å²) >= 11 is 3.35. The van der Waals surface area contributed by atoms with Crippen LogP contribution in [0.1, 0.15) is 18.7 Å². The highest BCUT2D eigenvalue weighted by molar-refractivity contribution is 9.10. The number of hydrogen-bond donors (Lipinski definition) is 1. The van der Waals surface area contributed by atoms with Crippen LogP contribution in [0.25, 0.3) is 11.6 Å². The Bertz CT molecular complexity index is 556. The normalized spacial score (nSPS) is 10.5. The van der Waals surface area contributed by atoms with Crippen LogP contribution in [0.15, 0.2) is 27.2 Å². The van der Waals surface area contributed by atoms with Crippen molar-refractivity contribution in [2.75, 3.05) is 0 Å². The molecule has 0 fully saturated rings. The van der Waals surface area contributed by atoms with Gasteiger partial charge < -0.3 is 9.52 Å². The van der Waals surface area contributed by atoms with Crippen molar-refractivity contribution in [2.24, 2.45) is 0 Å². The minimum absolute atomic E-state index is 0.0883. The lowest BCUT2D eigenvalue weighted by Gasteiger charge is -1.96. The third kappa shape index (κ3) is 3.13. The maximum absolute atomic E-state index is 10.4. The number of nitrogens with zero attached hydrogens (tertiary/aromatic N) is 3. The zero-order valence-electron chi connectivity index (χ0n) is 9.34. The van der Waals surface area contributed by atoms with Crippen molar-refractivity contribution < 1.29 is 14.3 Å². The number of pyridine rings is 1. The standard InChI is InChI=1S/C11H10BrN3O3/c12-7-3-2-6-13-10(7)11-15-14-8(18-11)4-1-5-9(16)17/h2-3,6H,1,4-5H2,(H,16,17). The molecule has 7 heteroatoms. The van der Waals surface area contributed by atoms with Gasteiger partial charge in [-0.05, 0) is 34.5 Å². The van der Waals surface area contributed by atoms with Gasteiger partial charge in [-0.2, -0.15) is 0 Å². The average Bonchev–Trinajstić information content (AvgIpc) is 2.78. The smallest absolute Gasteiger partial charge is 0.303 e. The summed E-state index contributed by atoms with van der Waals surface area (Å²) in [6.07, 6.45) is 2.64. The number of carbonyl (C=O) groups is 1. The van der Waals surface area contributed by atoms with Crippen LogP contribution in [-0.2, 0) is 11.2 Å². The van der Waals surface area contributed by atoms with Crippen molar-refractivity contribution in [1.29, 1.82) is 0 Å². The molecule has 1 N–H and O–H groups in total. The first-order chi connectivity index (χ1) is 8.66. The third-order valence-electron chi connectivity index (χ3n) is 2.21. The van der Waals surface area contributed by atoms with Gasteiger partial charge >= 0.3 is 5.97 Å². The molecule has 2 rings (SSSR count). The summed E-state index contributed by atoms with van der Waals surface area (Å²) in [4.78, 5) is 14.5. The Morgan fingerprint density at radius 2 is 2.28 bits per heavy atom. The molecule has 0 atom stereocenters. The van der Waals surface area contributed by atoms with Gasteiger partial charge in [0.1, 0.15) is 5.69 Å². The molecule has 2 aromatic heterocycles. The Morgan fingerprint density at radius 1 is 1.44 bits per heavy atom. The molecule has 0 radical (unpaired) electrons. The van der Waals surface area contributed by atoms with Crippen LogP contribution in [0.5, 0.6) is 0 Å². The van der Waals surface area contributed by atoms with Crippen LogP contribution in [0.4, 0.5) is 0 Å². The number of aromatic nitrogens is 3. The molecule has 2 heterocycles. The molecule has 94 valence electrons. The van der Waals surface area contributed by atoms with Crippen LogP contribution in [0, 0.1) is 0 Å². The van der Waals surface area contributed by atoms with E-state index in [0.29, 0.717) is 30.3 Å². The second-order valence-corrected chi connectivity index (χ2v) is 4.44. The van der Waals surface area contributed by atoms with Crippen molar-refractivity contribution in [3.8, 4) is 11.6 Å². The fraction of sp³-hybridized carbons (Fsp3) is 0.273. The summed E-state index contributed by atoms with van der Waals surface area (Å²) < 4.78 is 6.19. The monoisotopic (exact) mass is 311 g/mol. The molecule has 0 spiro atoms. The average molecular weight is 312 g/mol. The van der Waals surface area contributed by atoms with Gasteiger partial charge in [0.15, 0.2) is 0 Å². The molecule has 0 saturated carbocycles. The third-order valence-corrected chi connectivity index (χ3v) is 2.85. The number of aliphatic carboxylic acids is 1. The van der Waals surface area contributed by atoms with Crippen molar-refractivity contribution in [1.82, 2.24) is 15.2 Å². The van der Waals surface area contributed by atoms with Crippen molar-refractivity contribution >= 4 is 21.9 Å². The molecule has 6 nitrogen and oxygen atoms in total. The maximum atomic E-state index is 10.4. The summed E-state index contributed by atoms with van der Waals surface area (Å²) in [5.41, 5.74) is 0.578. The van der Waals surface area contributed by atoms with E-state index in [1.165, 1.54) is 0 Å². The molecule has 0 aliphatic carbocycles. The molecule has 0 aliphatic rings. The van der Waals surface area contributed by atoms with Crippen LogP contribution >= 0.6 is 15.9 Å². The van der Waals surface area contributed by atoms with Crippen LogP contribution in [-0.4, -0.2) is 26.3 Å². The van der Waals surface area contributed by atoms with Gasteiger partial charge in [-0.3, -0.25) is 4.79 Å². The Labute approximate surface area is 111 Å². The highest BCUT2D eigenvalue weighted by Crippen LogP contribution is 2.24. The molecular formula is C11H10BrN3O3. The fourth-order valence-corrected chi connectivity index (χ4v) is 1.81. The van der Waals surface area contributed by atoms with Gasteiger partial charge in [0.05, 0.1) is 0 Å². The molecule has 0 saturated heterocycles. The summed E-state index contributed by atoms with van der Waals surface area (Å²) in [6, 6.07) is 3.62. The number of carboxylic acid groups (broad SMARTS) is 1. The van der Waals surface area contributed by atoms with E-state index in [0.717, 1.165) is 4.47 Å². The van der Waals surface area contributed by atoms with Gasteiger partial charge in [0.2, 0.25) is 5.89 Å². The van der Waals surface area contributed by atoms with E-state index in [4.69, 9.17) is 9.52 Å². The second-order valence-electron chi connectivity index (χ2n) is 3.58. The topological polar surface area (TPSA) is 89.1 Å².